The lowest BCUT2D eigenvalue weighted by molar-refractivity contribution is 0.0986. The van der Waals surface area contributed by atoms with Gasteiger partial charge in [-0.25, -0.2) is 19.7 Å². The minimum atomic E-state index is -0.804. The summed E-state index contributed by atoms with van der Waals surface area (Å²) < 4.78 is 11.5. The Morgan fingerprint density at radius 3 is 2.73 bits per heavy atom. The second-order valence-electron chi connectivity index (χ2n) is 6.99. The van der Waals surface area contributed by atoms with Crippen LogP contribution in [0.1, 0.15) is 23.5 Å². The standard InChI is InChI=1S/C23H23ClN6O3/c1-16-4-2-5-18(29-16)6-3-9-32-10-11-33-21-8-7-17(24)12-20(21)30(23(26)31)22-15-27-19(13-25)14-28-22/h2,4-5,7-8,12,14-15H,3,6,9-11H2,1H3,(H2,26,31). The van der Waals surface area contributed by atoms with Crippen molar-refractivity contribution in [2.75, 3.05) is 24.7 Å². The molecule has 0 aliphatic rings. The maximum absolute atomic E-state index is 12.2. The smallest absolute Gasteiger partial charge is 0.325 e. The van der Waals surface area contributed by atoms with Crippen LogP contribution in [0.15, 0.2) is 48.8 Å². The summed E-state index contributed by atoms with van der Waals surface area (Å²) in [6.45, 7) is 3.15. The summed E-state index contributed by atoms with van der Waals surface area (Å²) in [6.07, 6.45) is 4.20. The molecule has 0 aliphatic heterocycles. The molecule has 3 rings (SSSR count). The fraction of sp³-hybridized carbons (Fsp3) is 0.261. The molecule has 170 valence electrons. The van der Waals surface area contributed by atoms with Crippen molar-refractivity contribution < 1.29 is 14.3 Å². The first-order valence-electron chi connectivity index (χ1n) is 10.2. The monoisotopic (exact) mass is 466 g/mol. The minimum Gasteiger partial charge on any atom is -0.489 e. The summed E-state index contributed by atoms with van der Waals surface area (Å²) in [6, 6.07) is 11.8. The van der Waals surface area contributed by atoms with Gasteiger partial charge in [-0.15, -0.1) is 0 Å². The largest absolute Gasteiger partial charge is 0.489 e. The van der Waals surface area contributed by atoms with Crippen molar-refractivity contribution in [1.29, 1.82) is 5.26 Å². The van der Waals surface area contributed by atoms with Crippen molar-refractivity contribution >= 4 is 29.1 Å². The molecule has 0 atom stereocenters. The second-order valence-corrected chi connectivity index (χ2v) is 7.43. The second kappa shape index (κ2) is 11.8. The third-order valence-corrected chi connectivity index (χ3v) is 4.75. The van der Waals surface area contributed by atoms with E-state index in [1.807, 2.05) is 31.2 Å². The molecule has 9 nitrogen and oxygen atoms in total. The molecule has 10 heteroatoms. The molecular weight excluding hydrogens is 444 g/mol. The van der Waals surface area contributed by atoms with Crippen LogP contribution < -0.4 is 15.4 Å². The number of nitriles is 1. The molecule has 0 saturated carbocycles. The van der Waals surface area contributed by atoms with Crippen LogP contribution in [0.25, 0.3) is 0 Å². The number of rotatable bonds is 10. The summed E-state index contributed by atoms with van der Waals surface area (Å²) in [5.41, 5.74) is 8.04. The van der Waals surface area contributed by atoms with Crippen LogP contribution in [0, 0.1) is 18.3 Å². The summed E-state index contributed by atoms with van der Waals surface area (Å²) >= 11 is 6.14. The molecule has 2 N–H and O–H groups in total. The molecule has 2 amide bonds. The highest BCUT2D eigenvalue weighted by Crippen LogP contribution is 2.35. The topological polar surface area (TPSA) is 127 Å². The molecule has 3 aromatic rings. The number of urea groups is 1. The number of carbonyl (C=O) groups excluding carboxylic acids is 1. The number of anilines is 2. The lowest BCUT2D eigenvalue weighted by atomic mass is 10.2. The molecule has 0 spiro atoms. The van der Waals surface area contributed by atoms with Gasteiger partial charge in [0.15, 0.2) is 11.5 Å². The number of amides is 2. The number of benzene rings is 1. The van der Waals surface area contributed by atoms with Gasteiger partial charge in [-0.1, -0.05) is 17.7 Å². The molecule has 33 heavy (non-hydrogen) atoms. The van der Waals surface area contributed by atoms with Crippen LogP contribution >= 0.6 is 11.6 Å². The number of hydrogen-bond acceptors (Lipinski definition) is 7. The first-order valence-corrected chi connectivity index (χ1v) is 10.6. The van der Waals surface area contributed by atoms with E-state index in [0.717, 1.165) is 29.1 Å². The number of hydrogen-bond donors (Lipinski definition) is 1. The maximum Gasteiger partial charge on any atom is 0.325 e. The molecule has 0 fully saturated rings. The molecular formula is C23H23ClN6O3. The van der Waals surface area contributed by atoms with Gasteiger partial charge in [-0.2, -0.15) is 5.26 Å². The van der Waals surface area contributed by atoms with Crippen molar-refractivity contribution in [3.63, 3.8) is 0 Å². The average molecular weight is 467 g/mol. The third kappa shape index (κ3) is 6.87. The van der Waals surface area contributed by atoms with E-state index in [0.29, 0.717) is 29.7 Å². The predicted molar refractivity (Wildman–Crippen MR) is 124 cm³/mol. The Morgan fingerprint density at radius 2 is 2.03 bits per heavy atom. The average Bonchev–Trinajstić information content (AvgIpc) is 2.80. The number of pyridine rings is 1. The van der Waals surface area contributed by atoms with Crippen LogP contribution in [0.4, 0.5) is 16.3 Å². The Balaban J connectivity index is 1.58. The highest BCUT2D eigenvalue weighted by atomic mass is 35.5. The Hall–Kier alpha value is -3.74. The number of carbonyl (C=O) groups is 1. The normalized spacial score (nSPS) is 10.5. The molecule has 2 heterocycles. The highest BCUT2D eigenvalue weighted by Gasteiger charge is 2.21. The van der Waals surface area contributed by atoms with Crippen LogP contribution in [0.5, 0.6) is 5.75 Å². The zero-order valence-electron chi connectivity index (χ0n) is 18.1. The molecule has 1 aromatic carbocycles. The van der Waals surface area contributed by atoms with Crippen molar-refractivity contribution in [1.82, 2.24) is 15.0 Å². The van der Waals surface area contributed by atoms with Gasteiger partial charge in [0.2, 0.25) is 0 Å². The van der Waals surface area contributed by atoms with Gasteiger partial charge in [0, 0.05) is 23.0 Å². The van der Waals surface area contributed by atoms with Gasteiger partial charge in [-0.05, 0) is 50.1 Å². The summed E-state index contributed by atoms with van der Waals surface area (Å²) in [7, 11) is 0. The van der Waals surface area contributed by atoms with Crippen molar-refractivity contribution in [3.05, 3.63) is 70.9 Å². The number of halogens is 1. The van der Waals surface area contributed by atoms with E-state index >= 15 is 0 Å². The SMILES string of the molecule is Cc1cccc(CCCOCCOc2ccc(Cl)cc2N(C(N)=O)c2cnc(C#N)cn2)n1. The Kier molecular flexibility index (Phi) is 8.52. The van der Waals surface area contributed by atoms with Gasteiger partial charge < -0.3 is 15.2 Å². The van der Waals surface area contributed by atoms with Gasteiger partial charge >= 0.3 is 6.03 Å². The van der Waals surface area contributed by atoms with Gasteiger partial charge in [-0.3, -0.25) is 4.98 Å². The summed E-state index contributed by atoms with van der Waals surface area (Å²) in [4.78, 5) is 25.8. The molecule has 0 unspecified atom stereocenters. The summed E-state index contributed by atoms with van der Waals surface area (Å²) in [5, 5.41) is 9.29. The fourth-order valence-electron chi connectivity index (χ4n) is 3.04. The van der Waals surface area contributed by atoms with E-state index in [4.69, 9.17) is 32.1 Å². The number of nitrogens with zero attached hydrogens (tertiary/aromatic N) is 5. The molecule has 2 aromatic heterocycles. The number of aromatic nitrogens is 3. The van der Waals surface area contributed by atoms with Crippen LogP contribution in [0.3, 0.4) is 0 Å². The first kappa shape index (κ1) is 23.9. The Morgan fingerprint density at radius 1 is 1.18 bits per heavy atom. The molecule has 0 saturated heterocycles. The van der Waals surface area contributed by atoms with Gasteiger partial charge in [0.05, 0.1) is 24.7 Å². The van der Waals surface area contributed by atoms with Crippen molar-refractivity contribution in [2.24, 2.45) is 5.73 Å². The van der Waals surface area contributed by atoms with E-state index in [2.05, 4.69) is 15.0 Å². The molecule has 0 radical (unpaired) electrons. The zero-order chi connectivity index (χ0) is 23.6. The van der Waals surface area contributed by atoms with E-state index in [-0.39, 0.29) is 18.1 Å². The first-order chi connectivity index (χ1) is 16.0. The van der Waals surface area contributed by atoms with E-state index in [1.165, 1.54) is 18.5 Å². The van der Waals surface area contributed by atoms with Gasteiger partial charge in [0.25, 0.3) is 0 Å². The summed E-state index contributed by atoms with van der Waals surface area (Å²) in [5.74, 6) is 0.506. The number of nitrogens with two attached hydrogens (primary N) is 1. The van der Waals surface area contributed by atoms with Gasteiger partial charge in [0.1, 0.15) is 18.4 Å². The predicted octanol–water partition coefficient (Wildman–Crippen LogP) is 3.95. The molecule has 0 aliphatic carbocycles. The Labute approximate surface area is 196 Å². The van der Waals surface area contributed by atoms with Crippen LogP contribution in [-0.4, -0.2) is 40.8 Å². The van der Waals surface area contributed by atoms with E-state index in [9.17, 15) is 4.79 Å². The molecule has 0 bridgehead atoms. The highest BCUT2D eigenvalue weighted by molar-refractivity contribution is 6.31. The minimum absolute atomic E-state index is 0.112. The number of ether oxygens (including phenoxy) is 2. The van der Waals surface area contributed by atoms with Crippen LogP contribution in [-0.2, 0) is 11.2 Å². The lowest BCUT2D eigenvalue weighted by Crippen LogP contribution is -2.32. The Bertz CT molecular complexity index is 1130. The number of aryl methyl sites for hydroxylation is 2. The number of primary amides is 1. The van der Waals surface area contributed by atoms with Crippen molar-refractivity contribution in [3.8, 4) is 11.8 Å². The van der Waals surface area contributed by atoms with E-state index in [1.54, 1.807) is 12.1 Å². The van der Waals surface area contributed by atoms with Crippen molar-refractivity contribution in [2.45, 2.75) is 19.8 Å². The fourth-order valence-corrected chi connectivity index (χ4v) is 3.21. The third-order valence-electron chi connectivity index (χ3n) is 4.52. The zero-order valence-corrected chi connectivity index (χ0v) is 18.8. The van der Waals surface area contributed by atoms with E-state index < -0.39 is 6.03 Å². The lowest BCUT2D eigenvalue weighted by Gasteiger charge is -2.22. The maximum atomic E-state index is 12.2. The quantitative estimate of drug-likeness (QED) is 0.448. The van der Waals surface area contributed by atoms with Crippen LogP contribution in [0.2, 0.25) is 5.02 Å².